The maximum absolute atomic E-state index is 10.5. The van der Waals surface area contributed by atoms with E-state index in [1.165, 1.54) is 19.2 Å². The molecule has 0 saturated heterocycles. The predicted molar refractivity (Wildman–Crippen MR) is 71.3 cm³/mol. The Morgan fingerprint density at radius 2 is 1.84 bits per heavy atom. The maximum atomic E-state index is 10.5. The lowest BCUT2D eigenvalue weighted by molar-refractivity contribution is -0.140. The summed E-state index contributed by atoms with van der Waals surface area (Å²) in [6.07, 6.45) is 0.302. The number of nitrogens with two attached hydrogens (primary N) is 1. The minimum Gasteiger partial charge on any atom is -0.469 e. The van der Waals surface area contributed by atoms with Gasteiger partial charge in [-0.05, 0) is 26.0 Å². The van der Waals surface area contributed by atoms with Crippen molar-refractivity contribution in [2.75, 3.05) is 7.11 Å². The number of aryl methyl sites for hydroxylation is 1. The Labute approximate surface area is 113 Å². The molecule has 0 bridgehead atoms. The van der Waals surface area contributed by atoms with Gasteiger partial charge in [-0.3, -0.25) is 9.35 Å². The molecule has 0 aliphatic heterocycles. The van der Waals surface area contributed by atoms with Crippen LogP contribution in [0.25, 0.3) is 0 Å². The van der Waals surface area contributed by atoms with E-state index in [-0.39, 0.29) is 16.9 Å². The Morgan fingerprint density at radius 1 is 1.37 bits per heavy atom. The second kappa shape index (κ2) is 7.88. The van der Waals surface area contributed by atoms with Crippen LogP contribution < -0.4 is 5.73 Å². The van der Waals surface area contributed by atoms with Gasteiger partial charge in [0.15, 0.2) is 0 Å². The molecule has 0 aliphatic rings. The van der Waals surface area contributed by atoms with Gasteiger partial charge in [0.1, 0.15) is 0 Å². The lowest BCUT2D eigenvalue weighted by atomic mass is 10.2. The SMILES string of the molecule is COC(=O)C[C@H](C)N.Cc1ccc(S(=O)(=O)O)cc1. The van der Waals surface area contributed by atoms with E-state index in [1.807, 2.05) is 6.92 Å². The molecule has 0 heterocycles. The van der Waals surface area contributed by atoms with Crippen molar-refractivity contribution in [2.45, 2.75) is 31.2 Å². The summed E-state index contributed by atoms with van der Waals surface area (Å²) in [5.74, 6) is -0.250. The van der Waals surface area contributed by atoms with Gasteiger partial charge >= 0.3 is 5.97 Å². The van der Waals surface area contributed by atoms with E-state index in [0.29, 0.717) is 6.42 Å². The highest BCUT2D eigenvalue weighted by atomic mass is 32.2. The molecule has 6 nitrogen and oxygen atoms in total. The predicted octanol–water partition coefficient (Wildman–Crippen LogP) is 1.14. The van der Waals surface area contributed by atoms with Gasteiger partial charge in [-0.25, -0.2) is 0 Å². The first-order valence-electron chi connectivity index (χ1n) is 5.53. The lowest BCUT2D eigenvalue weighted by Crippen LogP contribution is -2.20. The number of benzene rings is 1. The van der Waals surface area contributed by atoms with E-state index in [9.17, 15) is 13.2 Å². The van der Waals surface area contributed by atoms with Gasteiger partial charge in [0, 0.05) is 6.04 Å². The van der Waals surface area contributed by atoms with Gasteiger partial charge in [0.05, 0.1) is 18.4 Å². The van der Waals surface area contributed by atoms with Crippen LogP contribution in [0.1, 0.15) is 18.9 Å². The smallest absolute Gasteiger partial charge is 0.307 e. The molecule has 0 saturated carbocycles. The average Bonchev–Trinajstić information content (AvgIpc) is 2.28. The Balaban J connectivity index is 0.000000362. The summed E-state index contributed by atoms with van der Waals surface area (Å²) >= 11 is 0. The fourth-order valence-electron chi connectivity index (χ4n) is 1.06. The monoisotopic (exact) mass is 289 g/mol. The van der Waals surface area contributed by atoms with Crippen LogP contribution in [-0.2, 0) is 19.6 Å². The third-order valence-corrected chi connectivity index (χ3v) is 2.90. The van der Waals surface area contributed by atoms with Crippen molar-refractivity contribution in [2.24, 2.45) is 5.73 Å². The zero-order chi connectivity index (χ0) is 15.1. The number of rotatable bonds is 3. The normalized spacial score (nSPS) is 12.1. The molecule has 7 heteroatoms. The van der Waals surface area contributed by atoms with Crippen molar-refractivity contribution < 1.29 is 22.5 Å². The molecule has 0 unspecified atom stereocenters. The van der Waals surface area contributed by atoms with Gasteiger partial charge < -0.3 is 10.5 Å². The molecule has 108 valence electrons. The van der Waals surface area contributed by atoms with E-state index in [2.05, 4.69) is 4.74 Å². The molecule has 1 aromatic carbocycles. The molecule has 0 radical (unpaired) electrons. The van der Waals surface area contributed by atoms with E-state index < -0.39 is 10.1 Å². The maximum Gasteiger partial charge on any atom is 0.307 e. The van der Waals surface area contributed by atoms with Crippen LogP contribution >= 0.6 is 0 Å². The first kappa shape index (κ1) is 17.6. The minimum atomic E-state index is -4.02. The van der Waals surface area contributed by atoms with Gasteiger partial charge in [-0.2, -0.15) is 8.42 Å². The molecule has 1 atom stereocenters. The summed E-state index contributed by atoms with van der Waals surface area (Å²) < 4.78 is 33.9. The molecule has 0 amide bonds. The van der Waals surface area contributed by atoms with E-state index >= 15 is 0 Å². The van der Waals surface area contributed by atoms with Crippen LogP contribution in [-0.4, -0.2) is 32.1 Å². The third-order valence-electron chi connectivity index (χ3n) is 2.04. The van der Waals surface area contributed by atoms with Crippen LogP contribution in [0.4, 0.5) is 0 Å². The molecule has 0 aromatic heterocycles. The van der Waals surface area contributed by atoms with Crippen molar-refractivity contribution in [3.63, 3.8) is 0 Å². The summed E-state index contributed by atoms with van der Waals surface area (Å²) in [5.41, 5.74) is 6.22. The topological polar surface area (TPSA) is 107 Å². The van der Waals surface area contributed by atoms with E-state index in [0.717, 1.165) is 5.56 Å². The molecule has 0 aliphatic carbocycles. The quantitative estimate of drug-likeness (QED) is 0.638. The van der Waals surface area contributed by atoms with Crippen LogP contribution in [0.5, 0.6) is 0 Å². The van der Waals surface area contributed by atoms with Crippen molar-refractivity contribution in [1.82, 2.24) is 0 Å². The molecule has 3 N–H and O–H groups in total. The van der Waals surface area contributed by atoms with E-state index in [1.54, 1.807) is 19.1 Å². The largest absolute Gasteiger partial charge is 0.469 e. The fraction of sp³-hybridized carbons (Fsp3) is 0.417. The minimum absolute atomic E-state index is 0.0666. The van der Waals surface area contributed by atoms with Crippen LogP contribution in [0, 0.1) is 6.92 Å². The van der Waals surface area contributed by atoms with E-state index in [4.69, 9.17) is 10.3 Å². The summed E-state index contributed by atoms with van der Waals surface area (Å²) in [7, 11) is -2.67. The molecular formula is C12H19NO5S. The Morgan fingerprint density at radius 3 is 2.11 bits per heavy atom. The van der Waals surface area contributed by atoms with Crippen molar-refractivity contribution >= 4 is 16.1 Å². The molecule has 0 spiro atoms. The highest BCUT2D eigenvalue weighted by Crippen LogP contribution is 2.08. The summed E-state index contributed by atoms with van der Waals surface area (Å²) in [4.78, 5) is 10.3. The Hall–Kier alpha value is -1.44. The summed E-state index contributed by atoms with van der Waals surface area (Å²) in [5, 5.41) is 0. The first-order chi connectivity index (χ1) is 8.66. The van der Waals surface area contributed by atoms with Crippen molar-refractivity contribution in [3.8, 4) is 0 Å². The second-order valence-electron chi connectivity index (χ2n) is 4.05. The molecular weight excluding hydrogens is 270 g/mol. The summed E-state index contributed by atoms with van der Waals surface area (Å²) in [6.45, 7) is 3.60. The second-order valence-corrected chi connectivity index (χ2v) is 5.47. The number of hydrogen-bond donors (Lipinski definition) is 2. The third kappa shape index (κ3) is 8.30. The number of carbonyl (C=O) groups is 1. The number of esters is 1. The molecule has 1 rings (SSSR count). The number of carbonyl (C=O) groups excluding carboxylic acids is 1. The first-order valence-corrected chi connectivity index (χ1v) is 6.97. The standard InChI is InChI=1S/C7H8O3S.C5H11NO2/c1-6-2-4-7(5-3-6)11(8,9)10;1-4(6)3-5(7)8-2/h2-5H,1H3,(H,8,9,10);4H,3,6H2,1-2H3/t;4-/m.0/s1. The van der Waals surface area contributed by atoms with Gasteiger partial charge in [-0.15, -0.1) is 0 Å². The van der Waals surface area contributed by atoms with Gasteiger partial charge in [-0.1, -0.05) is 17.7 Å². The highest BCUT2D eigenvalue weighted by Gasteiger charge is 2.06. The molecule has 19 heavy (non-hydrogen) atoms. The van der Waals surface area contributed by atoms with Crippen molar-refractivity contribution in [1.29, 1.82) is 0 Å². The zero-order valence-corrected chi connectivity index (χ0v) is 12.0. The number of hydrogen-bond acceptors (Lipinski definition) is 5. The van der Waals surface area contributed by atoms with Crippen LogP contribution in [0.3, 0.4) is 0 Å². The Kier molecular flexibility index (Phi) is 7.28. The van der Waals surface area contributed by atoms with Gasteiger partial charge in [0.25, 0.3) is 10.1 Å². The number of methoxy groups -OCH3 is 1. The van der Waals surface area contributed by atoms with Crippen LogP contribution in [0.2, 0.25) is 0 Å². The molecule has 0 fully saturated rings. The highest BCUT2D eigenvalue weighted by molar-refractivity contribution is 7.85. The van der Waals surface area contributed by atoms with Gasteiger partial charge in [0.2, 0.25) is 0 Å². The zero-order valence-electron chi connectivity index (χ0n) is 11.2. The van der Waals surface area contributed by atoms with Crippen molar-refractivity contribution in [3.05, 3.63) is 29.8 Å². The number of ether oxygens (including phenoxy) is 1. The fourth-order valence-corrected chi connectivity index (χ4v) is 1.54. The Bertz CT molecular complexity index is 493. The van der Waals surface area contributed by atoms with Crippen LogP contribution in [0.15, 0.2) is 29.2 Å². The average molecular weight is 289 g/mol. The molecule has 1 aromatic rings. The summed E-state index contributed by atoms with van der Waals surface area (Å²) in [6, 6.07) is 5.89. The lowest BCUT2D eigenvalue weighted by Gasteiger charge is -2.00.